The van der Waals surface area contributed by atoms with Gasteiger partial charge in [0.1, 0.15) is 0 Å². The minimum atomic E-state index is 0.524. The Morgan fingerprint density at radius 1 is 1.12 bits per heavy atom. The first-order valence-corrected chi connectivity index (χ1v) is 7.45. The van der Waals surface area contributed by atoms with Crippen molar-refractivity contribution in [2.45, 2.75) is 77.2 Å². The highest BCUT2D eigenvalue weighted by Gasteiger charge is 2.36. The van der Waals surface area contributed by atoms with Crippen LogP contribution < -0.4 is 5.32 Å². The van der Waals surface area contributed by atoms with Gasteiger partial charge >= 0.3 is 0 Å². The molecule has 1 heteroatoms. The Bertz CT molecular complexity index is 197. The Balaban J connectivity index is 1.90. The maximum Gasteiger partial charge on any atom is 0.0187 e. The summed E-state index contributed by atoms with van der Waals surface area (Å²) in [4.78, 5) is 0. The average Bonchev–Trinajstić information content (AvgIpc) is 2.66. The third-order valence-corrected chi connectivity index (χ3v) is 4.54. The third-order valence-electron chi connectivity index (χ3n) is 4.54. The van der Waals surface area contributed by atoms with Crippen molar-refractivity contribution in [1.29, 1.82) is 0 Å². The van der Waals surface area contributed by atoms with Crippen LogP contribution in [0.2, 0.25) is 0 Å². The van der Waals surface area contributed by atoms with Gasteiger partial charge in [-0.2, -0.15) is 0 Å². The molecule has 2 rings (SSSR count). The first-order chi connectivity index (χ1) is 7.70. The second kappa shape index (κ2) is 5.53. The molecule has 0 aromatic heterocycles. The number of nitrogens with one attached hydrogen (secondary N) is 1. The molecule has 1 heterocycles. The van der Waals surface area contributed by atoms with Crippen LogP contribution in [-0.4, -0.2) is 12.1 Å². The Morgan fingerprint density at radius 2 is 1.88 bits per heavy atom. The summed E-state index contributed by atoms with van der Waals surface area (Å²) in [7, 11) is 0. The van der Waals surface area contributed by atoms with Gasteiger partial charge in [-0.15, -0.1) is 0 Å². The van der Waals surface area contributed by atoms with Crippen molar-refractivity contribution in [3.05, 3.63) is 0 Å². The van der Waals surface area contributed by atoms with Crippen molar-refractivity contribution in [2.24, 2.45) is 11.8 Å². The van der Waals surface area contributed by atoms with E-state index in [1.54, 1.807) is 0 Å². The summed E-state index contributed by atoms with van der Waals surface area (Å²) in [5, 5.41) is 3.85. The van der Waals surface area contributed by atoms with Gasteiger partial charge in [0.2, 0.25) is 0 Å². The molecule has 1 aliphatic carbocycles. The van der Waals surface area contributed by atoms with Crippen LogP contribution in [0.15, 0.2) is 0 Å². The highest BCUT2D eigenvalue weighted by molar-refractivity contribution is 4.95. The highest BCUT2D eigenvalue weighted by Crippen LogP contribution is 2.37. The number of hydrogen-bond donors (Lipinski definition) is 1. The summed E-state index contributed by atoms with van der Waals surface area (Å²) < 4.78 is 0. The van der Waals surface area contributed by atoms with Crippen molar-refractivity contribution in [1.82, 2.24) is 5.32 Å². The molecule has 0 aromatic rings. The standard InChI is InChI=1S/C15H29N/c1-13(2)11-15(9-6-10-16-15)12-14-7-4-3-5-8-14/h13-14,16H,3-12H2,1-2H3. The number of rotatable bonds is 4. The van der Waals surface area contributed by atoms with Crippen LogP contribution in [0, 0.1) is 11.8 Å². The van der Waals surface area contributed by atoms with Crippen LogP contribution in [0.25, 0.3) is 0 Å². The third kappa shape index (κ3) is 3.23. The predicted molar refractivity (Wildman–Crippen MR) is 70.6 cm³/mol. The largest absolute Gasteiger partial charge is 0.311 e. The molecule has 1 N–H and O–H groups in total. The van der Waals surface area contributed by atoms with E-state index in [2.05, 4.69) is 19.2 Å². The first-order valence-electron chi connectivity index (χ1n) is 7.45. The monoisotopic (exact) mass is 223 g/mol. The summed E-state index contributed by atoms with van der Waals surface area (Å²) in [5.74, 6) is 1.87. The molecule has 1 nitrogen and oxygen atoms in total. The van der Waals surface area contributed by atoms with Crippen LogP contribution in [-0.2, 0) is 0 Å². The van der Waals surface area contributed by atoms with E-state index in [4.69, 9.17) is 0 Å². The Hall–Kier alpha value is -0.0400. The lowest BCUT2D eigenvalue weighted by atomic mass is 9.75. The molecular weight excluding hydrogens is 194 g/mol. The second-order valence-electron chi connectivity index (χ2n) is 6.62. The minimum absolute atomic E-state index is 0.524. The lowest BCUT2D eigenvalue weighted by Crippen LogP contribution is -2.43. The van der Waals surface area contributed by atoms with Gasteiger partial charge in [-0.05, 0) is 44.1 Å². The van der Waals surface area contributed by atoms with E-state index in [-0.39, 0.29) is 0 Å². The van der Waals surface area contributed by atoms with Gasteiger partial charge in [-0.3, -0.25) is 0 Å². The van der Waals surface area contributed by atoms with E-state index in [9.17, 15) is 0 Å². The van der Waals surface area contributed by atoms with Crippen molar-refractivity contribution in [2.75, 3.05) is 6.54 Å². The maximum atomic E-state index is 3.85. The topological polar surface area (TPSA) is 12.0 Å². The fourth-order valence-electron chi connectivity index (χ4n) is 4.03. The van der Waals surface area contributed by atoms with Gasteiger partial charge in [0.05, 0.1) is 0 Å². The van der Waals surface area contributed by atoms with E-state index in [1.165, 1.54) is 64.3 Å². The van der Waals surface area contributed by atoms with E-state index in [1.807, 2.05) is 0 Å². The Kier molecular flexibility index (Phi) is 4.29. The zero-order valence-electron chi connectivity index (χ0n) is 11.2. The van der Waals surface area contributed by atoms with Gasteiger partial charge in [-0.1, -0.05) is 46.0 Å². The average molecular weight is 223 g/mol. The minimum Gasteiger partial charge on any atom is -0.311 e. The summed E-state index contributed by atoms with van der Waals surface area (Å²) >= 11 is 0. The van der Waals surface area contributed by atoms with Crippen molar-refractivity contribution in [3.8, 4) is 0 Å². The van der Waals surface area contributed by atoms with Crippen molar-refractivity contribution >= 4 is 0 Å². The summed E-state index contributed by atoms with van der Waals surface area (Å²) in [6, 6.07) is 0. The smallest absolute Gasteiger partial charge is 0.0187 e. The van der Waals surface area contributed by atoms with Crippen LogP contribution in [0.5, 0.6) is 0 Å². The molecule has 2 fully saturated rings. The molecule has 16 heavy (non-hydrogen) atoms. The Labute approximate surface area is 101 Å². The maximum absolute atomic E-state index is 3.85. The highest BCUT2D eigenvalue weighted by atomic mass is 15.0. The lowest BCUT2D eigenvalue weighted by molar-refractivity contribution is 0.208. The molecule has 0 amide bonds. The quantitative estimate of drug-likeness (QED) is 0.756. The van der Waals surface area contributed by atoms with Gasteiger partial charge in [-0.25, -0.2) is 0 Å². The van der Waals surface area contributed by atoms with Crippen LogP contribution in [0.3, 0.4) is 0 Å². The molecule has 0 spiro atoms. The zero-order chi connectivity index (χ0) is 11.4. The normalized spacial score (nSPS) is 32.4. The molecule has 0 aromatic carbocycles. The molecule has 2 aliphatic rings. The molecule has 0 bridgehead atoms. The molecule has 1 saturated carbocycles. The fourth-order valence-corrected chi connectivity index (χ4v) is 4.03. The first kappa shape index (κ1) is 12.4. The van der Waals surface area contributed by atoms with Gasteiger partial charge in [0, 0.05) is 5.54 Å². The van der Waals surface area contributed by atoms with E-state index in [0.29, 0.717) is 5.54 Å². The predicted octanol–water partition coefficient (Wildman–Crippen LogP) is 4.13. The van der Waals surface area contributed by atoms with E-state index >= 15 is 0 Å². The van der Waals surface area contributed by atoms with Gasteiger partial charge in [0.25, 0.3) is 0 Å². The number of hydrogen-bond acceptors (Lipinski definition) is 1. The second-order valence-corrected chi connectivity index (χ2v) is 6.62. The molecule has 94 valence electrons. The van der Waals surface area contributed by atoms with Crippen LogP contribution in [0.4, 0.5) is 0 Å². The molecule has 1 unspecified atom stereocenters. The molecule has 1 saturated heterocycles. The summed E-state index contributed by atoms with van der Waals surface area (Å²) in [6.45, 7) is 6.02. The Morgan fingerprint density at radius 3 is 2.44 bits per heavy atom. The van der Waals surface area contributed by atoms with Crippen molar-refractivity contribution in [3.63, 3.8) is 0 Å². The summed E-state index contributed by atoms with van der Waals surface area (Å²) in [5.41, 5.74) is 0.524. The SMILES string of the molecule is CC(C)CC1(CC2CCCCC2)CCCN1. The van der Waals surface area contributed by atoms with E-state index < -0.39 is 0 Å². The fraction of sp³-hybridized carbons (Fsp3) is 1.00. The van der Waals surface area contributed by atoms with Crippen LogP contribution in [0.1, 0.15) is 71.6 Å². The van der Waals surface area contributed by atoms with Crippen LogP contribution >= 0.6 is 0 Å². The molecule has 1 atom stereocenters. The summed E-state index contributed by atoms with van der Waals surface area (Å²) in [6.07, 6.45) is 13.2. The van der Waals surface area contributed by atoms with Gasteiger partial charge < -0.3 is 5.32 Å². The van der Waals surface area contributed by atoms with Gasteiger partial charge in [0.15, 0.2) is 0 Å². The molecule has 1 aliphatic heterocycles. The van der Waals surface area contributed by atoms with E-state index in [0.717, 1.165) is 11.8 Å². The molecular formula is C15H29N. The van der Waals surface area contributed by atoms with Crippen molar-refractivity contribution < 1.29 is 0 Å². The zero-order valence-corrected chi connectivity index (χ0v) is 11.2. The lowest BCUT2D eigenvalue weighted by Gasteiger charge is -2.36. The molecule has 0 radical (unpaired) electrons.